The molecule has 0 radical (unpaired) electrons. The summed E-state index contributed by atoms with van der Waals surface area (Å²) in [5.41, 5.74) is 0. The second-order valence-corrected chi connectivity index (χ2v) is 14.0. The van der Waals surface area contributed by atoms with E-state index in [1.807, 2.05) is 21.1 Å². The molecule has 8 nitrogen and oxygen atoms in total. The quantitative estimate of drug-likeness (QED) is 0.0265. The van der Waals surface area contributed by atoms with Crippen LogP contribution >= 0.6 is 7.82 Å². The van der Waals surface area contributed by atoms with E-state index in [0.717, 1.165) is 70.6 Å². The summed E-state index contributed by atoms with van der Waals surface area (Å²) >= 11 is 0. The number of phosphoric ester groups is 1. The van der Waals surface area contributed by atoms with Gasteiger partial charge >= 0.3 is 13.8 Å². The molecular formula is C35H67NO7P+. The van der Waals surface area contributed by atoms with E-state index in [4.69, 9.17) is 18.5 Å². The lowest BCUT2D eigenvalue weighted by Gasteiger charge is -2.24. The van der Waals surface area contributed by atoms with Crippen molar-refractivity contribution in [2.75, 3.05) is 54.1 Å². The van der Waals surface area contributed by atoms with Gasteiger partial charge in [0.15, 0.2) is 0 Å². The number of hydrogen-bond donors (Lipinski definition) is 1. The van der Waals surface area contributed by atoms with Crippen molar-refractivity contribution in [2.24, 2.45) is 0 Å². The van der Waals surface area contributed by atoms with Crippen LogP contribution in [0.15, 0.2) is 36.5 Å². The van der Waals surface area contributed by atoms with Crippen molar-refractivity contribution in [3.63, 3.8) is 0 Å². The zero-order valence-electron chi connectivity index (χ0n) is 28.9. The largest absolute Gasteiger partial charge is 0.472 e. The first-order valence-electron chi connectivity index (χ1n) is 17.2. The molecule has 0 heterocycles. The number of unbranched alkanes of at least 4 members (excludes halogenated alkanes) is 11. The lowest BCUT2D eigenvalue weighted by Crippen LogP contribution is -2.37. The number of nitrogens with zero attached hydrogens (tertiary/aromatic N) is 1. The van der Waals surface area contributed by atoms with Crippen molar-refractivity contribution in [2.45, 2.75) is 129 Å². The Morgan fingerprint density at radius 2 is 1.32 bits per heavy atom. The maximum absolute atomic E-state index is 12.5. The first-order valence-corrected chi connectivity index (χ1v) is 18.7. The zero-order chi connectivity index (χ0) is 32.8. The molecule has 2 unspecified atom stereocenters. The summed E-state index contributed by atoms with van der Waals surface area (Å²) < 4.78 is 34.6. The molecule has 0 aliphatic carbocycles. The maximum Gasteiger partial charge on any atom is 0.472 e. The number of carbonyl (C=O) groups excluding carboxylic acids is 1. The van der Waals surface area contributed by atoms with Crippen LogP contribution in [0, 0.1) is 0 Å². The molecule has 0 aromatic heterocycles. The van der Waals surface area contributed by atoms with Crippen LogP contribution in [-0.2, 0) is 27.9 Å². The van der Waals surface area contributed by atoms with Gasteiger partial charge in [-0.3, -0.25) is 13.8 Å². The van der Waals surface area contributed by atoms with Crippen molar-refractivity contribution >= 4 is 13.8 Å². The molecule has 1 N–H and O–H groups in total. The molecule has 0 fully saturated rings. The summed E-state index contributed by atoms with van der Waals surface area (Å²) in [6, 6.07) is 0. The first-order chi connectivity index (χ1) is 21.1. The van der Waals surface area contributed by atoms with Crippen LogP contribution in [0.4, 0.5) is 0 Å². The predicted octanol–water partition coefficient (Wildman–Crippen LogP) is 9.09. The van der Waals surface area contributed by atoms with E-state index in [-0.39, 0.29) is 25.8 Å². The Balaban J connectivity index is 4.33. The Labute approximate surface area is 270 Å². The second-order valence-electron chi connectivity index (χ2n) is 12.5. The van der Waals surface area contributed by atoms with E-state index in [9.17, 15) is 14.3 Å². The smallest absolute Gasteiger partial charge is 0.457 e. The number of allylic oxidation sites excluding steroid dienone is 6. The van der Waals surface area contributed by atoms with Crippen molar-refractivity contribution in [1.82, 2.24) is 0 Å². The highest BCUT2D eigenvalue weighted by molar-refractivity contribution is 7.47. The van der Waals surface area contributed by atoms with Gasteiger partial charge in [0.25, 0.3) is 0 Å². The van der Waals surface area contributed by atoms with Crippen molar-refractivity contribution in [1.29, 1.82) is 0 Å². The molecule has 0 rings (SSSR count). The summed E-state index contributed by atoms with van der Waals surface area (Å²) in [4.78, 5) is 22.6. The van der Waals surface area contributed by atoms with Gasteiger partial charge in [-0.05, 0) is 44.9 Å². The molecule has 0 saturated heterocycles. The van der Waals surface area contributed by atoms with Gasteiger partial charge in [0.05, 0.1) is 34.4 Å². The van der Waals surface area contributed by atoms with E-state index in [1.54, 1.807) is 0 Å². The van der Waals surface area contributed by atoms with Gasteiger partial charge in [-0.2, -0.15) is 0 Å². The molecule has 0 aliphatic heterocycles. The van der Waals surface area contributed by atoms with Crippen LogP contribution < -0.4 is 0 Å². The van der Waals surface area contributed by atoms with Gasteiger partial charge in [-0.15, -0.1) is 0 Å². The van der Waals surface area contributed by atoms with Crippen molar-refractivity contribution in [3.8, 4) is 0 Å². The first kappa shape index (κ1) is 42.7. The minimum absolute atomic E-state index is 0.0846. The van der Waals surface area contributed by atoms with E-state index in [0.29, 0.717) is 24.1 Å². The Bertz CT molecular complexity index is 807. The van der Waals surface area contributed by atoms with Gasteiger partial charge < -0.3 is 18.9 Å². The lowest BCUT2D eigenvalue weighted by molar-refractivity contribution is -0.870. The van der Waals surface area contributed by atoms with Crippen LogP contribution in [0.1, 0.15) is 123 Å². The fourth-order valence-corrected chi connectivity index (χ4v) is 5.01. The second kappa shape index (κ2) is 29.1. The highest BCUT2D eigenvalue weighted by Crippen LogP contribution is 2.43. The normalized spacial score (nSPS) is 14.6. The molecule has 9 heteroatoms. The van der Waals surface area contributed by atoms with Crippen LogP contribution in [0.3, 0.4) is 0 Å². The average Bonchev–Trinajstić information content (AvgIpc) is 2.96. The van der Waals surface area contributed by atoms with Gasteiger partial charge in [0, 0.05) is 13.0 Å². The zero-order valence-corrected chi connectivity index (χ0v) is 29.8. The van der Waals surface area contributed by atoms with E-state index >= 15 is 0 Å². The number of esters is 1. The van der Waals surface area contributed by atoms with Crippen LogP contribution in [0.25, 0.3) is 0 Å². The number of quaternary nitrogens is 1. The molecule has 0 aliphatic rings. The summed E-state index contributed by atoms with van der Waals surface area (Å²) in [6.45, 7) is 5.43. The molecule has 0 aromatic rings. The minimum Gasteiger partial charge on any atom is -0.457 e. The molecule has 0 amide bonds. The average molecular weight is 645 g/mol. The molecule has 2 atom stereocenters. The number of ether oxygens (including phenoxy) is 2. The number of carbonyl (C=O) groups is 1. The fraction of sp³-hybridized carbons (Fsp3) is 0.800. The number of rotatable bonds is 31. The van der Waals surface area contributed by atoms with Crippen LogP contribution in [0.5, 0.6) is 0 Å². The van der Waals surface area contributed by atoms with E-state index in [1.165, 1.54) is 32.1 Å². The maximum atomic E-state index is 12.5. The molecule has 258 valence electrons. The number of hydrogen-bond acceptors (Lipinski definition) is 6. The minimum atomic E-state index is -4.26. The Kier molecular flexibility index (Phi) is 28.3. The highest BCUT2D eigenvalue weighted by Gasteiger charge is 2.26. The van der Waals surface area contributed by atoms with Gasteiger partial charge in [0.2, 0.25) is 0 Å². The third kappa shape index (κ3) is 32.1. The highest BCUT2D eigenvalue weighted by atomic mass is 31.2. The third-order valence-corrected chi connectivity index (χ3v) is 7.95. The molecule has 0 spiro atoms. The summed E-state index contributed by atoms with van der Waals surface area (Å²) in [6.07, 6.45) is 30.3. The molecule has 0 bridgehead atoms. The van der Waals surface area contributed by atoms with Gasteiger partial charge in [-0.1, -0.05) is 108 Å². The Morgan fingerprint density at radius 3 is 1.98 bits per heavy atom. The summed E-state index contributed by atoms with van der Waals surface area (Å²) in [5.74, 6) is -0.335. The Hall–Kier alpha value is -1.28. The standard InChI is InChI=1S/C35H66NO7P/c1-6-8-10-12-14-15-16-17-18-19-20-21-22-24-26-28-35(37)43-34(32-40-30-27-25-23-13-11-9-7-2)33-42-44(38,39)41-31-29-36(3,4)5/h8,10,14-15,17-18,34H,6-7,9,11-13,16,19-33H2,1-5H3/p+1/b10-8-,15-14-,18-17-. The van der Waals surface area contributed by atoms with E-state index in [2.05, 4.69) is 50.3 Å². The SMILES string of the molecule is CC/C=C\C/C=C\C/C=C\CCCCCCCC(=O)OC(COCCCCCCCCC)COP(=O)(O)OCC[N+](C)(C)C. The van der Waals surface area contributed by atoms with Gasteiger partial charge in [0.1, 0.15) is 19.3 Å². The fourth-order valence-electron chi connectivity index (χ4n) is 4.27. The van der Waals surface area contributed by atoms with E-state index < -0.39 is 13.9 Å². The van der Waals surface area contributed by atoms with Crippen molar-refractivity contribution in [3.05, 3.63) is 36.5 Å². The molecular weight excluding hydrogens is 577 g/mol. The topological polar surface area (TPSA) is 91.3 Å². The van der Waals surface area contributed by atoms with Crippen LogP contribution in [-0.4, -0.2) is 75.6 Å². The van der Waals surface area contributed by atoms with Crippen molar-refractivity contribution < 1.29 is 37.3 Å². The summed E-state index contributed by atoms with van der Waals surface area (Å²) in [7, 11) is 1.65. The lowest BCUT2D eigenvalue weighted by atomic mass is 10.1. The Morgan fingerprint density at radius 1 is 0.727 bits per heavy atom. The number of likely N-dealkylation sites (N-methyl/N-ethyl adjacent to an activating group) is 1. The van der Waals surface area contributed by atoms with Gasteiger partial charge in [-0.25, -0.2) is 4.57 Å². The summed E-state index contributed by atoms with van der Waals surface area (Å²) in [5, 5.41) is 0. The monoisotopic (exact) mass is 644 g/mol. The molecule has 0 saturated carbocycles. The molecule has 0 aromatic carbocycles. The number of phosphoric acid groups is 1. The third-order valence-electron chi connectivity index (χ3n) is 6.97. The van der Waals surface area contributed by atoms with Crippen LogP contribution in [0.2, 0.25) is 0 Å². The predicted molar refractivity (Wildman–Crippen MR) is 183 cm³/mol. The molecule has 44 heavy (non-hydrogen) atoms.